The van der Waals surface area contributed by atoms with Crippen LogP contribution in [0.25, 0.3) is 11.1 Å². The van der Waals surface area contributed by atoms with E-state index in [-0.39, 0.29) is 5.91 Å². The summed E-state index contributed by atoms with van der Waals surface area (Å²) in [6.45, 7) is 4.50. The maximum Gasteiger partial charge on any atom is 0.256 e. The first-order valence-corrected chi connectivity index (χ1v) is 10.6. The molecule has 4 heterocycles. The van der Waals surface area contributed by atoms with E-state index in [0.29, 0.717) is 31.0 Å². The van der Waals surface area contributed by atoms with Crippen molar-refractivity contribution in [1.29, 1.82) is 0 Å². The maximum absolute atomic E-state index is 13.5. The predicted octanol–water partition coefficient (Wildman–Crippen LogP) is 4.14. The Labute approximate surface area is 175 Å². The van der Waals surface area contributed by atoms with Gasteiger partial charge in [0.1, 0.15) is 11.5 Å². The third kappa shape index (κ3) is 3.52. The molecule has 0 saturated carbocycles. The maximum atomic E-state index is 13.5. The molecule has 154 valence electrons. The highest BCUT2D eigenvalue weighted by molar-refractivity contribution is 6.01. The van der Waals surface area contributed by atoms with Crippen molar-refractivity contribution in [3.8, 4) is 11.1 Å². The van der Waals surface area contributed by atoms with Gasteiger partial charge in [0.15, 0.2) is 5.89 Å². The number of benzene rings is 1. The molecule has 3 aromatic rings. The minimum absolute atomic E-state index is 0.000666. The van der Waals surface area contributed by atoms with Gasteiger partial charge in [-0.3, -0.25) is 9.78 Å². The molecule has 1 fully saturated rings. The van der Waals surface area contributed by atoms with Gasteiger partial charge >= 0.3 is 0 Å². The van der Waals surface area contributed by atoms with E-state index in [1.165, 1.54) is 0 Å². The van der Waals surface area contributed by atoms with Crippen molar-refractivity contribution in [2.24, 2.45) is 0 Å². The third-order valence-electron chi connectivity index (χ3n) is 6.04. The number of hydrogen-bond donors (Lipinski definition) is 0. The van der Waals surface area contributed by atoms with Gasteiger partial charge in [0.2, 0.25) is 0 Å². The molecule has 30 heavy (non-hydrogen) atoms. The highest BCUT2D eigenvalue weighted by atomic mass is 16.5. The van der Waals surface area contributed by atoms with E-state index in [2.05, 4.69) is 4.98 Å². The quantitative estimate of drug-likeness (QED) is 0.658. The number of amides is 1. The third-order valence-corrected chi connectivity index (χ3v) is 6.04. The van der Waals surface area contributed by atoms with E-state index < -0.39 is 0 Å². The molecule has 1 saturated heterocycles. The Balaban J connectivity index is 1.42. The molecule has 0 atom stereocenters. The van der Waals surface area contributed by atoms with Crippen LogP contribution >= 0.6 is 0 Å². The number of carbonyl (C=O) groups excluding carboxylic acids is 1. The number of hydrogen-bond acceptors (Lipinski definition) is 5. The van der Waals surface area contributed by atoms with Crippen molar-refractivity contribution >= 4 is 5.91 Å². The Bertz CT molecular complexity index is 1050. The van der Waals surface area contributed by atoms with Crippen LogP contribution < -0.4 is 0 Å². The van der Waals surface area contributed by atoms with Gasteiger partial charge in [-0.15, -0.1) is 0 Å². The fourth-order valence-electron chi connectivity index (χ4n) is 4.36. The second-order valence-electron chi connectivity index (χ2n) is 7.97. The molecule has 2 aliphatic heterocycles. The van der Waals surface area contributed by atoms with Crippen LogP contribution in [0.15, 0.2) is 47.0 Å². The minimum atomic E-state index is 0.000666. The SMILES string of the molecule is Cc1nccc(-c2ccccc2)c1C(=O)N1CCc2oc(C3CCOCC3)nc2C1. The van der Waals surface area contributed by atoms with Crippen LogP contribution in [0.1, 0.15) is 52.2 Å². The topological polar surface area (TPSA) is 68.5 Å². The highest BCUT2D eigenvalue weighted by Gasteiger charge is 2.30. The van der Waals surface area contributed by atoms with Gasteiger partial charge in [-0.05, 0) is 37.0 Å². The summed E-state index contributed by atoms with van der Waals surface area (Å²) < 4.78 is 11.5. The lowest BCUT2D eigenvalue weighted by atomic mass is 9.98. The zero-order chi connectivity index (χ0) is 20.5. The van der Waals surface area contributed by atoms with Crippen molar-refractivity contribution in [3.05, 3.63) is 71.2 Å². The van der Waals surface area contributed by atoms with Gasteiger partial charge in [0, 0.05) is 38.3 Å². The lowest BCUT2D eigenvalue weighted by Crippen LogP contribution is -2.36. The zero-order valence-corrected chi connectivity index (χ0v) is 17.1. The fraction of sp³-hybridized carbons (Fsp3) is 0.375. The summed E-state index contributed by atoms with van der Waals surface area (Å²) in [4.78, 5) is 24.6. The Kier molecular flexibility index (Phi) is 5.09. The molecule has 0 bridgehead atoms. The number of aryl methyl sites for hydroxylation is 1. The van der Waals surface area contributed by atoms with Gasteiger partial charge < -0.3 is 14.1 Å². The summed E-state index contributed by atoms with van der Waals surface area (Å²) in [5.41, 5.74) is 4.24. The van der Waals surface area contributed by atoms with Crippen molar-refractivity contribution in [3.63, 3.8) is 0 Å². The largest absolute Gasteiger partial charge is 0.445 e. The molecule has 5 rings (SSSR count). The first-order valence-electron chi connectivity index (χ1n) is 10.6. The van der Waals surface area contributed by atoms with E-state index in [1.807, 2.05) is 48.2 Å². The van der Waals surface area contributed by atoms with E-state index in [0.717, 1.165) is 60.2 Å². The molecule has 2 aromatic heterocycles. The van der Waals surface area contributed by atoms with Crippen LogP contribution in [0.3, 0.4) is 0 Å². The van der Waals surface area contributed by atoms with Crippen LogP contribution in [0.2, 0.25) is 0 Å². The average molecular weight is 403 g/mol. The molecule has 6 nitrogen and oxygen atoms in total. The molecule has 0 N–H and O–H groups in total. The monoisotopic (exact) mass is 403 g/mol. The summed E-state index contributed by atoms with van der Waals surface area (Å²) in [5, 5.41) is 0. The fourth-order valence-corrected chi connectivity index (χ4v) is 4.36. The van der Waals surface area contributed by atoms with Gasteiger partial charge in [0.05, 0.1) is 17.8 Å². The Morgan fingerprint density at radius 3 is 2.73 bits per heavy atom. The molecular formula is C24H25N3O3. The summed E-state index contributed by atoms with van der Waals surface area (Å²) in [5.74, 6) is 2.05. The second kappa shape index (κ2) is 8.03. The number of carbonyl (C=O) groups is 1. The molecule has 0 spiro atoms. The molecule has 0 unspecified atom stereocenters. The molecule has 1 aromatic carbocycles. The van der Waals surface area contributed by atoms with E-state index >= 15 is 0 Å². The smallest absolute Gasteiger partial charge is 0.256 e. The number of fused-ring (bicyclic) bond motifs is 1. The van der Waals surface area contributed by atoms with Crippen molar-refractivity contribution in [2.75, 3.05) is 19.8 Å². The normalized spacial score (nSPS) is 17.0. The molecule has 0 radical (unpaired) electrons. The zero-order valence-electron chi connectivity index (χ0n) is 17.1. The van der Waals surface area contributed by atoms with Crippen LogP contribution in [-0.4, -0.2) is 40.5 Å². The Morgan fingerprint density at radius 1 is 1.13 bits per heavy atom. The molecular weight excluding hydrogens is 378 g/mol. The predicted molar refractivity (Wildman–Crippen MR) is 112 cm³/mol. The first-order chi connectivity index (χ1) is 14.7. The van der Waals surface area contributed by atoms with E-state index in [4.69, 9.17) is 14.1 Å². The number of ether oxygens (including phenoxy) is 1. The second-order valence-corrected chi connectivity index (χ2v) is 7.97. The summed E-state index contributed by atoms with van der Waals surface area (Å²) >= 11 is 0. The van der Waals surface area contributed by atoms with Crippen molar-refractivity contribution < 1.29 is 13.9 Å². The highest BCUT2D eigenvalue weighted by Crippen LogP contribution is 2.32. The summed E-state index contributed by atoms with van der Waals surface area (Å²) in [6.07, 6.45) is 4.34. The van der Waals surface area contributed by atoms with E-state index in [9.17, 15) is 4.79 Å². The van der Waals surface area contributed by atoms with Gasteiger partial charge in [-0.25, -0.2) is 4.98 Å². The number of aromatic nitrogens is 2. The van der Waals surface area contributed by atoms with E-state index in [1.54, 1.807) is 6.20 Å². The number of oxazole rings is 1. The number of nitrogens with zero attached hydrogens (tertiary/aromatic N) is 3. The molecule has 2 aliphatic rings. The van der Waals surface area contributed by atoms with Crippen LogP contribution in [0.4, 0.5) is 0 Å². The van der Waals surface area contributed by atoms with Crippen LogP contribution in [0.5, 0.6) is 0 Å². The van der Waals surface area contributed by atoms with Crippen LogP contribution in [0, 0.1) is 6.92 Å². The number of pyridine rings is 1. The van der Waals surface area contributed by atoms with Gasteiger partial charge in [-0.1, -0.05) is 30.3 Å². The first kappa shape index (κ1) is 19.0. The van der Waals surface area contributed by atoms with Crippen LogP contribution in [-0.2, 0) is 17.7 Å². The molecule has 0 aliphatic carbocycles. The molecule has 1 amide bonds. The lowest BCUT2D eigenvalue weighted by molar-refractivity contribution is 0.0725. The Morgan fingerprint density at radius 2 is 1.93 bits per heavy atom. The number of rotatable bonds is 3. The summed E-state index contributed by atoms with van der Waals surface area (Å²) in [6, 6.07) is 11.9. The van der Waals surface area contributed by atoms with Gasteiger partial charge in [-0.2, -0.15) is 0 Å². The minimum Gasteiger partial charge on any atom is -0.445 e. The molecule has 6 heteroatoms. The average Bonchev–Trinajstić information content (AvgIpc) is 3.23. The van der Waals surface area contributed by atoms with Crippen molar-refractivity contribution in [2.45, 2.75) is 38.6 Å². The van der Waals surface area contributed by atoms with Crippen molar-refractivity contribution in [1.82, 2.24) is 14.9 Å². The lowest BCUT2D eigenvalue weighted by Gasteiger charge is -2.26. The standard InChI is InChI=1S/C24H25N3O3/c1-16-22(19(7-11-25-16)17-5-3-2-4-6-17)24(28)27-12-8-21-20(15-27)26-23(30-21)18-9-13-29-14-10-18/h2-7,11,18H,8-10,12-15H2,1H3. The Hall–Kier alpha value is -2.99. The summed E-state index contributed by atoms with van der Waals surface area (Å²) in [7, 11) is 0. The van der Waals surface area contributed by atoms with Gasteiger partial charge in [0.25, 0.3) is 5.91 Å².